The van der Waals surface area contributed by atoms with Gasteiger partial charge in [-0.1, -0.05) is 29.8 Å². The predicted molar refractivity (Wildman–Crippen MR) is 120 cm³/mol. The third-order valence-electron chi connectivity index (χ3n) is 5.36. The average Bonchev–Trinajstić information content (AvgIpc) is 3.35. The van der Waals surface area contributed by atoms with Crippen molar-refractivity contribution in [2.45, 2.75) is 39.8 Å². The summed E-state index contributed by atoms with van der Waals surface area (Å²) in [6.45, 7) is 5.38. The third-order valence-corrected chi connectivity index (χ3v) is 5.36. The highest BCUT2D eigenvalue weighted by atomic mass is 16.3. The summed E-state index contributed by atoms with van der Waals surface area (Å²) >= 11 is 0. The topological polar surface area (TPSA) is 82.1 Å². The van der Waals surface area contributed by atoms with E-state index in [1.165, 1.54) is 5.56 Å². The van der Waals surface area contributed by atoms with E-state index in [1.807, 2.05) is 62.4 Å². The van der Waals surface area contributed by atoms with Crippen molar-refractivity contribution in [3.05, 3.63) is 76.5 Å². The van der Waals surface area contributed by atoms with E-state index in [-0.39, 0.29) is 18.0 Å². The lowest BCUT2D eigenvalue weighted by Crippen LogP contribution is -2.29. The SMILES string of the molecule is CCn1c(=O)n(CCC(=O)NCCc2coc(-c3ccc(C)cc3)n2)c2ccccc21. The van der Waals surface area contributed by atoms with Crippen LogP contribution in [0.4, 0.5) is 0 Å². The van der Waals surface area contributed by atoms with Crippen LogP contribution in [0.5, 0.6) is 0 Å². The number of para-hydroxylation sites is 2. The number of hydrogen-bond donors (Lipinski definition) is 1. The molecule has 31 heavy (non-hydrogen) atoms. The molecule has 2 aromatic carbocycles. The highest BCUT2D eigenvalue weighted by Crippen LogP contribution is 2.19. The van der Waals surface area contributed by atoms with Crippen LogP contribution in [0, 0.1) is 6.92 Å². The molecule has 1 amide bonds. The van der Waals surface area contributed by atoms with E-state index >= 15 is 0 Å². The zero-order valence-corrected chi connectivity index (χ0v) is 17.8. The maximum Gasteiger partial charge on any atom is 0.329 e. The van der Waals surface area contributed by atoms with E-state index in [2.05, 4.69) is 10.3 Å². The number of aryl methyl sites for hydroxylation is 3. The van der Waals surface area contributed by atoms with Crippen molar-refractivity contribution in [3.63, 3.8) is 0 Å². The van der Waals surface area contributed by atoms with Gasteiger partial charge in [0.05, 0.1) is 16.7 Å². The summed E-state index contributed by atoms with van der Waals surface area (Å²) < 4.78 is 8.95. The molecule has 0 fully saturated rings. The van der Waals surface area contributed by atoms with E-state index < -0.39 is 0 Å². The Bertz CT molecular complexity index is 1250. The molecule has 2 aromatic heterocycles. The van der Waals surface area contributed by atoms with Gasteiger partial charge in [-0.15, -0.1) is 0 Å². The van der Waals surface area contributed by atoms with Crippen LogP contribution in [-0.4, -0.2) is 26.6 Å². The number of carbonyl (C=O) groups excluding carboxylic acids is 1. The van der Waals surface area contributed by atoms with Crippen LogP contribution in [0.3, 0.4) is 0 Å². The van der Waals surface area contributed by atoms with Crippen molar-refractivity contribution >= 4 is 16.9 Å². The van der Waals surface area contributed by atoms with Gasteiger partial charge in [0.1, 0.15) is 6.26 Å². The number of oxazole rings is 1. The van der Waals surface area contributed by atoms with Crippen molar-refractivity contribution in [1.82, 2.24) is 19.4 Å². The maximum atomic E-state index is 12.6. The normalized spacial score (nSPS) is 11.2. The first-order valence-corrected chi connectivity index (χ1v) is 10.5. The summed E-state index contributed by atoms with van der Waals surface area (Å²) in [4.78, 5) is 29.4. The Labute approximate surface area is 180 Å². The van der Waals surface area contributed by atoms with Crippen LogP contribution in [0.25, 0.3) is 22.5 Å². The number of rotatable bonds is 8. The lowest BCUT2D eigenvalue weighted by Gasteiger charge is -2.05. The van der Waals surface area contributed by atoms with Crippen LogP contribution >= 0.6 is 0 Å². The Morgan fingerprint density at radius 1 is 1.06 bits per heavy atom. The highest BCUT2D eigenvalue weighted by Gasteiger charge is 2.13. The van der Waals surface area contributed by atoms with E-state index in [4.69, 9.17) is 4.42 Å². The van der Waals surface area contributed by atoms with Crippen LogP contribution < -0.4 is 11.0 Å². The van der Waals surface area contributed by atoms with Crippen molar-refractivity contribution in [3.8, 4) is 11.5 Å². The molecule has 0 spiro atoms. The monoisotopic (exact) mass is 418 g/mol. The minimum Gasteiger partial charge on any atom is -0.444 e. The van der Waals surface area contributed by atoms with Gasteiger partial charge in [-0.3, -0.25) is 13.9 Å². The van der Waals surface area contributed by atoms with Gasteiger partial charge in [-0.2, -0.15) is 0 Å². The zero-order chi connectivity index (χ0) is 21.8. The Morgan fingerprint density at radius 3 is 2.48 bits per heavy atom. The molecule has 0 aliphatic heterocycles. The van der Waals surface area contributed by atoms with E-state index in [0.717, 1.165) is 22.3 Å². The summed E-state index contributed by atoms with van der Waals surface area (Å²) in [5, 5.41) is 2.90. The number of nitrogens with one attached hydrogen (secondary N) is 1. The van der Waals surface area contributed by atoms with Crippen molar-refractivity contribution < 1.29 is 9.21 Å². The van der Waals surface area contributed by atoms with Gasteiger partial charge < -0.3 is 9.73 Å². The van der Waals surface area contributed by atoms with Gasteiger partial charge in [-0.05, 0) is 38.1 Å². The molecule has 0 radical (unpaired) electrons. The molecule has 160 valence electrons. The number of hydrogen-bond acceptors (Lipinski definition) is 4. The average molecular weight is 418 g/mol. The Morgan fingerprint density at radius 2 is 1.77 bits per heavy atom. The van der Waals surface area contributed by atoms with Gasteiger partial charge in [0.2, 0.25) is 11.8 Å². The van der Waals surface area contributed by atoms with Gasteiger partial charge >= 0.3 is 5.69 Å². The minimum atomic E-state index is -0.0949. The molecular weight excluding hydrogens is 392 g/mol. The molecule has 4 rings (SSSR count). The van der Waals surface area contributed by atoms with Gasteiger partial charge in [0, 0.05) is 38.0 Å². The zero-order valence-electron chi connectivity index (χ0n) is 17.8. The second-order valence-electron chi connectivity index (χ2n) is 7.53. The van der Waals surface area contributed by atoms with Crippen molar-refractivity contribution in [2.24, 2.45) is 0 Å². The lowest BCUT2D eigenvalue weighted by molar-refractivity contribution is -0.121. The summed E-state index contributed by atoms with van der Waals surface area (Å²) in [5.74, 6) is 0.482. The predicted octanol–water partition coefficient (Wildman–Crippen LogP) is 3.54. The molecule has 0 aliphatic carbocycles. The standard InChI is InChI=1S/C24H26N4O3/c1-3-27-20-6-4-5-7-21(20)28(24(27)30)15-13-22(29)25-14-12-19-16-31-23(26-19)18-10-8-17(2)9-11-18/h4-11,16H,3,12-15H2,1-2H3,(H,25,29). The van der Waals surface area contributed by atoms with Crippen LogP contribution in [-0.2, 0) is 24.3 Å². The first-order valence-electron chi connectivity index (χ1n) is 10.5. The Balaban J connectivity index is 1.31. The number of nitrogens with zero attached hydrogens (tertiary/aromatic N) is 3. The Hall–Kier alpha value is -3.61. The highest BCUT2D eigenvalue weighted by molar-refractivity contribution is 5.78. The van der Waals surface area contributed by atoms with Gasteiger partial charge in [0.25, 0.3) is 0 Å². The van der Waals surface area contributed by atoms with Gasteiger partial charge in [0.15, 0.2) is 0 Å². The largest absolute Gasteiger partial charge is 0.444 e. The van der Waals surface area contributed by atoms with Crippen LogP contribution in [0.2, 0.25) is 0 Å². The number of fused-ring (bicyclic) bond motifs is 1. The molecule has 4 aromatic rings. The molecule has 2 heterocycles. The van der Waals surface area contributed by atoms with Crippen LogP contribution in [0.1, 0.15) is 24.6 Å². The van der Waals surface area contributed by atoms with Gasteiger partial charge in [-0.25, -0.2) is 9.78 Å². The second-order valence-corrected chi connectivity index (χ2v) is 7.53. The van der Waals surface area contributed by atoms with E-state index in [1.54, 1.807) is 15.4 Å². The molecular formula is C24H26N4O3. The fourth-order valence-corrected chi connectivity index (χ4v) is 3.68. The molecule has 7 nitrogen and oxygen atoms in total. The summed E-state index contributed by atoms with van der Waals surface area (Å²) in [7, 11) is 0. The molecule has 0 bridgehead atoms. The molecule has 0 aliphatic rings. The second kappa shape index (κ2) is 9.04. The summed E-state index contributed by atoms with van der Waals surface area (Å²) in [6.07, 6.45) is 2.45. The molecule has 0 saturated heterocycles. The summed E-state index contributed by atoms with van der Waals surface area (Å²) in [6, 6.07) is 15.6. The number of carbonyl (C=O) groups is 1. The van der Waals surface area contributed by atoms with Crippen LogP contribution in [0.15, 0.2) is 64.0 Å². The molecule has 0 saturated carbocycles. The first kappa shape index (κ1) is 20.7. The molecule has 1 N–H and O–H groups in total. The van der Waals surface area contributed by atoms with E-state index in [0.29, 0.717) is 31.9 Å². The molecule has 7 heteroatoms. The fourth-order valence-electron chi connectivity index (χ4n) is 3.68. The Kier molecular flexibility index (Phi) is 6.02. The van der Waals surface area contributed by atoms with Crippen molar-refractivity contribution in [1.29, 1.82) is 0 Å². The summed E-state index contributed by atoms with van der Waals surface area (Å²) in [5.41, 5.74) is 4.57. The molecule has 0 unspecified atom stereocenters. The fraction of sp³-hybridized carbons (Fsp3) is 0.292. The lowest BCUT2D eigenvalue weighted by atomic mass is 10.1. The molecule has 0 atom stereocenters. The number of benzene rings is 2. The number of aromatic nitrogens is 3. The first-order chi connectivity index (χ1) is 15.1. The minimum absolute atomic E-state index is 0.0808. The number of imidazole rings is 1. The quantitative estimate of drug-likeness (QED) is 0.475. The maximum absolute atomic E-state index is 12.6. The van der Waals surface area contributed by atoms with E-state index in [9.17, 15) is 9.59 Å². The number of amides is 1. The third kappa shape index (κ3) is 4.45. The van der Waals surface area contributed by atoms with Crippen molar-refractivity contribution in [2.75, 3.05) is 6.54 Å². The smallest absolute Gasteiger partial charge is 0.329 e.